The largest absolute Gasteiger partial charge is 0.352 e. The SMILES string of the molecule is CCCCC1=CN(C(c2ccccc2)(c2ccccc2)c2ccccc2)CN1Cc1ccc(-c2ccccc2/C(C)=N/C)cc1. The minimum Gasteiger partial charge on any atom is -0.352 e. The van der Waals surface area contributed by atoms with E-state index < -0.39 is 5.54 Å². The lowest BCUT2D eigenvalue weighted by atomic mass is 9.76. The summed E-state index contributed by atoms with van der Waals surface area (Å²) in [5.41, 5.74) is 10.7. The quantitative estimate of drug-likeness (QED) is 0.113. The van der Waals surface area contributed by atoms with Gasteiger partial charge in [-0.25, -0.2) is 0 Å². The van der Waals surface area contributed by atoms with E-state index in [1.54, 1.807) is 0 Å². The van der Waals surface area contributed by atoms with Gasteiger partial charge >= 0.3 is 0 Å². The summed E-state index contributed by atoms with van der Waals surface area (Å²) in [6.45, 7) is 6.02. The highest BCUT2D eigenvalue weighted by Crippen LogP contribution is 2.45. The highest BCUT2D eigenvalue weighted by atomic mass is 15.4. The molecule has 0 radical (unpaired) electrons. The van der Waals surface area contributed by atoms with Crippen LogP contribution in [0.1, 0.15) is 60.9 Å². The molecule has 0 fully saturated rings. The molecule has 0 bridgehead atoms. The monoisotopic (exact) mass is 589 g/mol. The first-order valence-corrected chi connectivity index (χ1v) is 16.2. The van der Waals surface area contributed by atoms with E-state index in [2.05, 4.69) is 174 Å². The van der Waals surface area contributed by atoms with Gasteiger partial charge in [-0.05, 0) is 53.1 Å². The van der Waals surface area contributed by atoms with Crippen molar-refractivity contribution in [3.8, 4) is 11.1 Å². The third-order valence-corrected chi connectivity index (χ3v) is 9.12. The zero-order valence-electron chi connectivity index (χ0n) is 26.7. The van der Waals surface area contributed by atoms with Crippen LogP contribution in [0.3, 0.4) is 0 Å². The van der Waals surface area contributed by atoms with Gasteiger partial charge in [-0.15, -0.1) is 0 Å². The van der Waals surface area contributed by atoms with E-state index >= 15 is 0 Å². The Hall–Kier alpha value is -4.89. The van der Waals surface area contributed by atoms with Crippen LogP contribution in [-0.2, 0) is 12.1 Å². The maximum absolute atomic E-state index is 4.46. The summed E-state index contributed by atoms with van der Waals surface area (Å²) < 4.78 is 0. The molecule has 0 atom stereocenters. The first-order chi connectivity index (χ1) is 22.1. The maximum Gasteiger partial charge on any atom is 0.117 e. The van der Waals surface area contributed by atoms with Gasteiger partial charge in [-0.2, -0.15) is 0 Å². The second-order valence-corrected chi connectivity index (χ2v) is 11.9. The van der Waals surface area contributed by atoms with Crippen LogP contribution in [0.2, 0.25) is 0 Å². The van der Waals surface area contributed by atoms with Gasteiger partial charge in [0.2, 0.25) is 0 Å². The van der Waals surface area contributed by atoms with Crippen molar-refractivity contribution in [3.05, 3.63) is 179 Å². The Labute approximate surface area is 269 Å². The molecule has 226 valence electrons. The third-order valence-electron chi connectivity index (χ3n) is 9.12. The van der Waals surface area contributed by atoms with Gasteiger partial charge in [0.1, 0.15) is 5.54 Å². The molecule has 0 aliphatic carbocycles. The van der Waals surface area contributed by atoms with Gasteiger partial charge in [0, 0.05) is 36.8 Å². The summed E-state index contributed by atoms with van der Waals surface area (Å²) in [6.07, 6.45) is 5.84. The first-order valence-electron chi connectivity index (χ1n) is 16.2. The standard InChI is InChI=1S/C42H43N3/c1-4-5-23-39-31-45(32-44(39)30-34-26-28-35(29-27-34)41-25-16-15-24-40(41)33(2)43-3)42(36-17-9-6-10-18-36,37-19-11-7-12-20-37)38-21-13-8-14-22-38/h6-22,24-29,31H,4-5,23,30,32H2,1-3H3/b43-33+. The number of nitrogens with zero attached hydrogens (tertiary/aromatic N) is 3. The fraction of sp³-hybridized carbons (Fsp3) is 0.214. The van der Waals surface area contributed by atoms with Gasteiger partial charge in [0.15, 0.2) is 0 Å². The molecule has 6 rings (SSSR count). The Bertz CT molecular complexity index is 1640. The van der Waals surface area contributed by atoms with Crippen LogP contribution in [0.4, 0.5) is 0 Å². The lowest BCUT2D eigenvalue weighted by Gasteiger charge is -2.44. The van der Waals surface area contributed by atoms with E-state index in [0.29, 0.717) is 0 Å². The molecule has 3 nitrogen and oxygen atoms in total. The zero-order valence-corrected chi connectivity index (χ0v) is 26.7. The molecule has 0 aromatic heterocycles. The Kier molecular flexibility index (Phi) is 9.26. The minimum absolute atomic E-state index is 0.470. The van der Waals surface area contributed by atoms with Crippen LogP contribution < -0.4 is 0 Å². The summed E-state index contributed by atoms with van der Waals surface area (Å²) in [4.78, 5) is 9.61. The molecule has 5 aromatic rings. The van der Waals surface area contributed by atoms with Crippen LogP contribution in [0.25, 0.3) is 11.1 Å². The van der Waals surface area contributed by atoms with Crippen molar-refractivity contribution in [1.82, 2.24) is 9.80 Å². The highest BCUT2D eigenvalue weighted by Gasteiger charge is 2.43. The van der Waals surface area contributed by atoms with Crippen molar-refractivity contribution in [1.29, 1.82) is 0 Å². The normalized spacial score (nSPS) is 13.7. The van der Waals surface area contributed by atoms with Crippen LogP contribution in [-0.4, -0.2) is 29.2 Å². The molecule has 0 N–H and O–H groups in total. The molecular formula is C42H43N3. The lowest BCUT2D eigenvalue weighted by Crippen LogP contribution is -2.46. The molecule has 3 heteroatoms. The number of rotatable bonds is 11. The van der Waals surface area contributed by atoms with Crippen LogP contribution in [0.15, 0.2) is 156 Å². The van der Waals surface area contributed by atoms with Gasteiger partial charge in [0.25, 0.3) is 0 Å². The average molecular weight is 590 g/mol. The molecule has 1 heterocycles. The van der Waals surface area contributed by atoms with Gasteiger partial charge in [0.05, 0.1) is 6.67 Å². The molecule has 45 heavy (non-hydrogen) atoms. The summed E-state index contributed by atoms with van der Waals surface area (Å²) in [7, 11) is 1.86. The topological polar surface area (TPSA) is 18.8 Å². The average Bonchev–Trinajstić information content (AvgIpc) is 3.51. The predicted molar refractivity (Wildman–Crippen MR) is 189 cm³/mol. The van der Waals surface area contributed by atoms with Gasteiger partial charge in [-0.3, -0.25) is 4.99 Å². The van der Waals surface area contributed by atoms with Crippen molar-refractivity contribution in [2.45, 2.75) is 45.2 Å². The molecule has 0 saturated heterocycles. The second-order valence-electron chi connectivity index (χ2n) is 11.9. The summed E-state index contributed by atoms with van der Waals surface area (Å²) in [6, 6.07) is 50.7. The summed E-state index contributed by atoms with van der Waals surface area (Å²) in [5.74, 6) is 0. The van der Waals surface area contributed by atoms with E-state index in [4.69, 9.17) is 0 Å². The van der Waals surface area contributed by atoms with Crippen molar-refractivity contribution in [3.63, 3.8) is 0 Å². The molecule has 0 spiro atoms. The van der Waals surface area contributed by atoms with Crippen molar-refractivity contribution < 1.29 is 0 Å². The number of unbranched alkanes of at least 4 members (excludes halogenated alkanes) is 1. The summed E-state index contributed by atoms with van der Waals surface area (Å²) in [5, 5.41) is 0. The third kappa shape index (κ3) is 6.08. The molecule has 0 amide bonds. The predicted octanol–water partition coefficient (Wildman–Crippen LogP) is 9.89. The van der Waals surface area contributed by atoms with E-state index in [1.807, 2.05) is 7.05 Å². The highest BCUT2D eigenvalue weighted by molar-refractivity contribution is 6.04. The van der Waals surface area contributed by atoms with Crippen LogP contribution in [0.5, 0.6) is 0 Å². The smallest absolute Gasteiger partial charge is 0.117 e. The van der Waals surface area contributed by atoms with Gasteiger partial charge in [-0.1, -0.05) is 153 Å². The molecule has 1 aliphatic rings. The summed E-state index contributed by atoms with van der Waals surface area (Å²) >= 11 is 0. The van der Waals surface area contributed by atoms with E-state index in [-0.39, 0.29) is 0 Å². The first kappa shape index (κ1) is 30.1. The van der Waals surface area contributed by atoms with Crippen LogP contribution >= 0.6 is 0 Å². The molecular weight excluding hydrogens is 546 g/mol. The Morgan fingerprint density at radius 3 is 1.76 bits per heavy atom. The minimum atomic E-state index is -0.470. The molecule has 0 saturated carbocycles. The van der Waals surface area contributed by atoms with Crippen molar-refractivity contribution >= 4 is 5.71 Å². The number of allylic oxidation sites excluding steroid dienone is 1. The lowest BCUT2D eigenvalue weighted by molar-refractivity contribution is 0.170. The zero-order chi connectivity index (χ0) is 31.1. The Morgan fingerprint density at radius 1 is 0.689 bits per heavy atom. The number of benzene rings is 5. The number of hydrogen-bond donors (Lipinski definition) is 0. The van der Waals surface area contributed by atoms with E-state index in [1.165, 1.54) is 57.5 Å². The number of aliphatic imine (C=N–C) groups is 1. The Morgan fingerprint density at radius 2 is 1.22 bits per heavy atom. The van der Waals surface area contributed by atoms with Gasteiger partial charge < -0.3 is 9.80 Å². The van der Waals surface area contributed by atoms with Crippen molar-refractivity contribution in [2.24, 2.45) is 4.99 Å². The van der Waals surface area contributed by atoms with E-state index in [9.17, 15) is 0 Å². The fourth-order valence-corrected chi connectivity index (χ4v) is 6.73. The molecule has 1 aliphatic heterocycles. The van der Waals surface area contributed by atoms with E-state index in [0.717, 1.165) is 25.3 Å². The fourth-order valence-electron chi connectivity index (χ4n) is 6.73. The number of hydrogen-bond acceptors (Lipinski definition) is 3. The molecule has 5 aromatic carbocycles. The Balaban J connectivity index is 1.38. The maximum atomic E-state index is 4.46. The van der Waals surface area contributed by atoms with Crippen molar-refractivity contribution in [2.75, 3.05) is 13.7 Å². The van der Waals surface area contributed by atoms with Crippen LogP contribution in [0, 0.1) is 0 Å². The molecule has 0 unspecified atom stereocenters. The second kappa shape index (κ2) is 13.8.